The molecule has 0 radical (unpaired) electrons. The van der Waals surface area contributed by atoms with Gasteiger partial charge >= 0.3 is 11.9 Å². The van der Waals surface area contributed by atoms with Gasteiger partial charge in [-0.1, -0.05) is 26.0 Å². The number of aromatic carboxylic acids is 1. The first-order chi connectivity index (χ1) is 16.4. The van der Waals surface area contributed by atoms with Gasteiger partial charge in [-0.2, -0.15) is 5.48 Å². The Bertz CT molecular complexity index is 997. The van der Waals surface area contributed by atoms with E-state index in [1.165, 1.54) is 38.3 Å². The van der Waals surface area contributed by atoms with Crippen molar-refractivity contribution in [1.29, 1.82) is 0 Å². The zero-order valence-corrected chi connectivity index (χ0v) is 21.0. The molecule has 2 N–H and O–H groups in total. The summed E-state index contributed by atoms with van der Waals surface area (Å²) >= 11 is 0. The summed E-state index contributed by atoms with van der Waals surface area (Å²) in [5, 5.41) is 9.02. The van der Waals surface area contributed by atoms with Crippen LogP contribution in [0.1, 0.15) is 94.5 Å². The summed E-state index contributed by atoms with van der Waals surface area (Å²) in [6.07, 6.45) is 8.11. The second-order valence-corrected chi connectivity index (χ2v) is 12.4. The van der Waals surface area contributed by atoms with E-state index >= 15 is 0 Å². The number of benzene rings is 1. The largest absolute Gasteiger partial charge is 0.478 e. The minimum atomic E-state index is -1.00. The molecule has 3 atom stereocenters. The first-order valence-electron chi connectivity index (χ1n) is 12.7. The zero-order valence-electron chi connectivity index (χ0n) is 21.0. The number of ketones is 1. The molecule has 7 heteroatoms. The van der Waals surface area contributed by atoms with Crippen LogP contribution < -0.4 is 5.48 Å². The average molecular weight is 484 g/mol. The Morgan fingerprint density at radius 1 is 1.03 bits per heavy atom. The third-order valence-corrected chi connectivity index (χ3v) is 8.52. The summed E-state index contributed by atoms with van der Waals surface area (Å²) in [5.41, 5.74) is 3.93. The number of carbonyl (C=O) groups is 4. The fourth-order valence-corrected chi connectivity index (χ4v) is 8.21. The van der Waals surface area contributed by atoms with Crippen LogP contribution in [0.4, 0.5) is 0 Å². The van der Waals surface area contributed by atoms with Gasteiger partial charge in [0.15, 0.2) is 0 Å². The Kier molecular flexibility index (Phi) is 6.82. The third-order valence-electron chi connectivity index (χ3n) is 8.52. The van der Waals surface area contributed by atoms with E-state index in [-0.39, 0.29) is 35.1 Å². The van der Waals surface area contributed by atoms with Crippen LogP contribution >= 0.6 is 0 Å². The van der Waals surface area contributed by atoms with Gasteiger partial charge in [-0.3, -0.25) is 9.59 Å². The first kappa shape index (κ1) is 25.4. The SMILES string of the molecule is CC(=O)C(CCC(=O)NOC(=O)CC12CC3CC(C)(CC(C)(C3)C1)C2)Cc1ccc(C(=O)O)cc1. The van der Waals surface area contributed by atoms with Gasteiger partial charge in [-0.25, -0.2) is 9.59 Å². The number of carbonyl (C=O) groups excluding carboxylic acids is 3. The number of rotatable bonds is 9. The lowest BCUT2D eigenvalue weighted by molar-refractivity contribution is -0.176. The van der Waals surface area contributed by atoms with E-state index < -0.39 is 11.9 Å². The second-order valence-electron chi connectivity index (χ2n) is 12.4. The Morgan fingerprint density at radius 2 is 1.66 bits per heavy atom. The number of amides is 1. The average Bonchev–Trinajstić information content (AvgIpc) is 2.72. The van der Waals surface area contributed by atoms with E-state index in [0.717, 1.165) is 24.8 Å². The van der Waals surface area contributed by atoms with Crippen LogP contribution in [-0.4, -0.2) is 28.7 Å². The van der Waals surface area contributed by atoms with Gasteiger partial charge in [0.25, 0.3) is 5.91 Å². The van der Waals surface area contributed by atoms with E-state index in [2.05, 4.69) is 19.3 Å². The fraction of sp³-hybridized carbons (Fsp3) is 0.643. The van der Waals surface area contributed by atoms with Crippen molar-refractivity contribution in [1.82, 2.24) is 5.48 Å². The number of Topliss-reactive ketones (excluding diaryl/α,β-unsaturated/α-hetero) is 1. The highest BCUT2D eigenvalue weighted by Crippen LogP contribution is 2.70. The molecule has 4 aliphatic carbocycles. The lowest BCUT2D eigenvalue weighted by Crippen LogP contribution is -2.55. The first-order valence-corrected chi connectivity index (χ1v) is 12.7. The van der Waals surface area contributed by atoms with Crippen LogP contribution in [0, 0.1) is 28.1 Å². The molecule has 1 aromatic rings. The van der Waals surface area contributed by atoms with Crippen LogP contribution in [-0.2, 0) is 25.6 Å². The molecule has 5 rings (SSSR count). The molecule has 0 saturated heterocycles. The fourth-order valence-electron chi connectivity index (χ4n) is 8.21. The summed E-state index contributed by atoms with van der Waals surface area (Å²) < 4.78 is 0. The summed E-state index contributed by atoms with van der Waals surface area (Å²) in [4.78, 5) is 53.3. The minimum absolute atomic E-state index is 0.0133. The summed E-state index contributed by atoms with van der Waals surface area (Å²) in [5.74, 6) is -1.53. The van der Waals surface area contributed by atoms with Crippen LogP contribution in [0.25, 0.3) is 0 Å². The third kappa shape index (κ3) is 5.93. The topological polar surface area (TPSA) is 110 Å². The molecule has 4 fully saturated rings. The molecule has 0 aliphatic heterocycles. The Hall–Kier alpha value is -2.70. The van der Waals surface area contributed by atoms with Gasteiger partial charge in [0.1, 0.15) is 5.78 Å². The number of carboxylic acids is 1. The van der Waals surface area contributed by atoms with Crippen LogP contribution in [0.5, 0.6) is 0 Å². The molecule has 4 bridgehead atoms. The standard InChI is InChI=1S/C28H37NO6/c1-18(30)22(10-19-4-6-21(7-5-19)25(33)34)8-9-23(31)29-35-24(32)14-28-13-20-11-26(2,16-28)15-27(3,12-20)17-28/h4-7,20,22H,8-17H2,1-3H3,(H,29,31)(H,33,34). The van der Waals surface area contributed by atoms with Crippen molar-refractivity contribution in [3.63, 3.8) is 0 Å². The van der Waals surface area contributed by atoms with Gasteiger partial charge in [0, 0.05) is 12.3 Å². The lowest BCUT2D eigenvalue weighted by Gasteiger charge is -2.65. The van der Waals surface area contributed by atoms with Crippen LogP contribution in [0.3, 0.4) is 0 Å². The number of nitrogens with one attached hydrogen (secondary N) is 1. The van der Waals surface area contributed by atoms with Gasteiger partial charge in [-0.15, -0.1) is 0 Å². The summed E-state index contributed by atoms with van der Waals surface area (Å²) in [6.45, 7) is 6.22. The molecule has 190 valence electrons. The molecular formula is C28H37NO6. The molecule has 35 heavy (non-hydrogen) atoms. The van der Waals surface area contributed by atoms with Crippen molar-refractivity contribution >= 4 is 23.6 Å². The molecule has 0 aromatic heterocycles. The molecule has 4 saturated carbocycles. The van der Waals surface area contributed by atoms with E-state index in [0.29, 0.717) is 36.0 Å². The maximum absolute atomic E-state index is 12.7. The molecule has 4 aliphatic rings. The zero-order chi connectivity index (χ0) is 25.4. The number of carboxylic acid groups (broad SMARTS) is 1. The quantitative estimate of drug-likeness (QED) is 0.485. The van der Waals surface area contributed by atoms with Crippen molar-refractivity contribution in [2.24, 2.45) is 28.1 Å². The highest BCUT2D eigenvalue weighted by molar-refractivity contribution is 5.87. The molecule has 0 spiro atoms. The number of hydrogen-bond acceptors (Lipinski definition) is 5. The van der Waals surface area contributed by atoms with Gasteiger partial charge < -0.3 is 9.94 Å². The predicted octanol–water partition coefficient (Wildman–Crippen LogP) is 4.87. The highest BCUT2D eigenvalue weighted by Gasteiger charge is 2.60. The Morgan fingerprint density at radius 3 is 2.20 bits per heavy atom. The monoisotopic (exact) mass is 483 g/mol. The minimum Gasteiger partial charge on any atom is -0.478 e. The lowest BCUT2D eigenvalue weighted by atomic mass is 9.40. The highest BCUT2D eigenvalue weighted by atomic mass is 16.7. The molecule has 0 heterocycles. The number of hydroxylamine groups is 1. The number of hydrogen-bond donors (Lipinski definition) is 2. The van der Waals surface area contributed by atoms with Gasteiger partial charge in [0.05, 0.1) is 12.0 Å². The Balaban J connectivity index is 1.24. The maximum atomic E-state index is 12.7. The van der Waals surface area contributed by atoms with E-state index in [1.807, 2.05) is 0 Å². The van der Waals surface area contributed by atoms with Crippen molar-refractivity contribution < 1.29 is 29.1 Å². The smallest absolute Gasteiger partial charge is 0.335 e. The maximum Gasteiger partial charge on any atom is 0.335 e. The van der Waals surface area contributed by atoms with Crippen molar-refractivity contribution in [3.05, 3.63) is 35.4 Å². The second kappa shape index (κ2) is 9.40. The molecular weight excluding hydrogens is 446 g/mol. The molecule has 7 nitrogen and oxygen atoms in total. The van der Waals surface area contributed by atoms with Crippen LogP contribution in [0.15, 0.2) is 24.3 Å². The summed E-state index contributed by atoms with van der Waals surface area (Å²) in [6, 6.07) is 6.39. The molecule has 1 aromatic carbocycles. The van der Waals surface area contributed by atoms with Gasteiger partial charge in [-0.05, 0) is 98.1 Å². The molecule has 1 amide bonds. The normalized spacial score (nSPS) is 31.6. The van der Waals surface area contributed by atoms with Crippen molar-refractivity contribution in [2.45, 2.75) is 85.0 Å². The van der Waals surface area contributed by atoms with E-state index in [4.69, 9.17) is 9.94 Å². The summed E-state index contributed by atoms with van der Waals surface area (Å²) in [7, 11) is 0. The van der Waals surface area contributed by atoms with E-state index in [9.17, 15) is 19.2 Å². The molecule has 3 unspecified atom stereocenters. The van der Waals surface area contributed by atoms with E-state index in [1.54, 1.807) is 12.1 Å². The van der Waals surface area contributed by atoms with Gasteiger partial charge in [0.2, 0.25) is 0 Å². The van der Waals surface area contributed by atoms with Crippen molar-refractivity contribution in [3.8, 4) is 0 Å². The van der Waals surface area contributed by atoms with Crippen LogP contribution in [0.2, 0.25) is 0 Å². The predicted molar refractivity (Wildman–Crippen MR) is 129 cm³/mol. The Labute approximate surface area is 207 Å². The van der Waals surface area contributed by atoms with Crippen molar-refractivity contribution in [2.75, 3.05) is 0 Å².